The van der Waals surface area contributed by atoms with E-state index in [-0.39, 0.29) is 41.7 Å². The number of carbonyl (C=O) groups is 2. The van der Waals surface area contributed by atoms with Gasteiger partial charge in [-0.15, -0.1) is 0 Å². The van der Waals surface area contributed by atoms with Gasteiger partial charge in [0.05, 0.1) is 160 Å². The first-order valence-electron chi connectivity index (χ1n) is 33.4. The first kappa shape index (κ1) is 70.3. The molecule has 0 atom stereocenters. The molecule has 0 spiro atoms. The molecule has 4 aliphatic heterocycles. The lowest BCUT2D eigenvalue weighted by atomic mass is 9.85. The fourth-order valence-corrected chi connectivity index (χ4v) is 16.0. The van der Waals surface area contributed by atoms with Crippen LogP contribution in [-0.2, 0) is 51.8 Å². The van der Waals surface area contributed by atoms with Gasteiger partial charge in [-0.25, -0.2) is 61.0 Å². The average molecular weight is 1440 g/mol. The van der Waals surface area contributed by atoms with Gasteiger partial charge < -0.3 is 18.9 Å². The Balaban J connectivity index is 0.000000123. The minimum atomic E-state index is -3.25. The summed E-state index contributed by atoms with van der Waals surface area (Å²) in [6, 6.07) is 12.8. The quantitative estimate of drug-likeness (QED) is 0.0865. The number of hydrogen-bond donors (Lipinski definition) is 4. The molecule has 4 saturated heterocycles. The SMILES string of the molecule is CCC(=O)N1CC(CC#N)(n2cc(-c3ncnc4[nH]ncc34)cn2)C1.CCC(=O)N1CC(CC#N)(n2ccc(-c3ncnc4[nH]ncc34)c2)C1.CCS(=O)(=O)N1CC(CC#N)(n2ccc(-c3ncnc4[nH]ncc34)c2)C1.CCS(=O)(=O)N1CCC(CC#N)(n2cc(-c3ncnc4[nH]ncc34)cn2)CC1. The zero-order valence-corrected chi connectivity index (χ0v) is 58.6. The highest BCUT2D eigenvalue weighted by atomic mass is 32.2. The molecule has 0 bridgehead atoms. The minimum Gasteiger partial charge on any atom is -0.344 e. The van der Waals surface area contributed by atoms with Crippen molar-refractivity contribution in [3.05, 3.63) is 112 Å². The largest absolute Gasteiger partial charge is 0.344 e. The Morgan fingerprint density at radius 1 is 0.433 bits per heavy atom. The topological polar surface area (TPSA) is 474 Å². The number of nitrogens with zero attached hydrogens (tertiary/aromatic N) is 26. The van der Waals surface area contributed by atoms with Crippen LogP contribution in [0.2, 0.25) is 0 Å². The molecule has 104 heavy (non-hydrogen) atoms. The molecule has 4 N–H and O–H groups in total. The monoisotopic (exact) mass is 1440 g/mol. The number of hydrogen-bond acceptors (Lipinski definition) is 24. The van der Waals surface area contributed by atoms with Gasteiger partial charge in [-0.3, -0.25) is 39.3 Å². The van der Waals surface area contributed by atoms with E-state index in [4.69, 9.17) is 0 Å². The van der Waals surface area contributed by atoms with E-state index in [2.05, 4.69) is 115 Å². The maximum atomic E-state index is 12.2. The van der Waals surface area contributed by atoms with Crippen molar-refractivity contribution in [1.29, 1.82) is 21.0 Å². The van der Waals surface area contributed by atoms with Crippen LogP contribution in [0.3, 0.4) is 0 Å². The molecule has 2 amide bonds. The number of nitrogens with one attached hydrogen (secondary N) is 4. The summed E-state index contributed by atoms with van der Waals surface area (Å²) in [4.78, 5) is 61.3. The smallest absolute Gasteiger partial charge is 0.222 e. The number of amides is 2. The third kappa shape index (κ3) is 13.2. The predicted molar refractivity (Wildman–Crippen MR) is 374 cm³/mol. The summed E-state index contributed by atoms with van der Waals surface area (Å²) in [6.45, 7) is 10.4. The fourth-order valence-electron chi connectivity index (χ4n) is 13.7. The Bertz CT molecular complexity index is 5390. The summed E-state index contributed by atoms with van der Waals surface area (Å²) >= 11 is 0. The number of sulfonamides is 2. The number of nitriles is 4. The molecule has 12 aromatic rings. The van der Waals surface area contributed by atoms with Gasteiger partial charge in [0, 0.05) is 125 Å². The number of carbonyl (C=O) groups excluding carboxylic acids is 2. The summed E-state index contributed by atoms with van der Waals surface area (Å²) in [5, 5.41) is 76.7. The third-order valence-corrected chi connectivity index (χ3v) is 23.4. The van der Waals surface area contributed by atoms with E-state index in [1.165, 1.54) is 33.9 Å². The molecule has 0 aliphatic carbocycles. The first-order valence-corrected chi connectivity index (χ1v) is 36.6. The van der Waals surface area contributed by atoms with Gasteiger partial charge in [-0.05, 0) is 38.8 Å². The van der Waals surface area contributed by atoms with E-state index >= 15 is 0 Å². The van der Waals surface area contributed by atoms with Crippen molar-refractivity contribution >= 4 is 76.0 Å². The molecular weight excluding hydrogens is 1370 g/mol. The van der Waals surface area contributed by atoms with Crippen molar-refractivity contribution in [2.45, 2.75) is 101 Å². The van der Waals surface area contributed by atoms with Crippen molar-refractivity contribution in [1.82, 2.24) is 128 Å². The van der Waals surface area contributed by atoms with Crippen LogP contribution < -0.4 is 0 Å². The normalized spacial score (nSPS) is 16.6. The molecule has 12 aromatic heterocycles. The van der Waals surface area contributed by atoms with Gasteiger partial charge in [0.2, 0.25) is 31.9 Å². The van der Waals surface area contributed by atoms with E-state index in [0.29, 0.717) is 119 Å². The first-order chi connectivity index (χ1) is 50.3. The molecule has 532 valence electrons. The molecular formula is C66H70N30O6S2. The average Bonchev–Trinajstić information content (AvgIpc) is 1.37. The highest BCUT2D eigenvalue weighted by Gasteiger charge is 2.50. The van der Waals surface area contributed by atoms with E-state index in [1.807, 2.05) is 72.3 Å². The summed E-state index contributed by atoms with van der Waals surface area (Å²) in [5.41, 5.74) is 7.15. The predicted octanol–water partition coefficient (Wildman–Crippen LogP) is 5.13. The molecule has 4 aliphatic rings. The minimum absolute atomic E-state index is 0.0615. The standard InChI is InChI=1S/C17H20N8O2S.C17H17N7O.C16H16N8O.C16H17N7O2S/c1-2-28(26,27)24-7-4-17(3-6-18,5-8-24)25-11-13(9-22-25)15-14-10-21-23-16(14)20-12-19-15;1-2-14(25)23-9-17(10-23,4-5-18)24-6-3-12(8-24)15-13-7-21-22-16(13)20-11-19-15;1-2-13(25)23-8-16(9-23,3-4-17)24-7-11(5-21-24)14-12-6-20-22-15(12)19-10-18-14;1-2-26(24,25)23-9-16(10-23,4-5-17)22-6-3-12(8-22)14-13-7-20-21-15(13)19-11-18-14/h9-12H,2-5,7-8H2,1H3,(H,19,20,21,23);3,6-8,11H,2,4,9-10H2,1H3,(H,19,20,21,22);5-7,10H,2-3,8-9H2,1H3,(H,18,19,20,22);3,6-8,11H,2,4,9-10H2,1H3,(H,18,19,20,21). The number of aromatic amines is 4. The number of fused-ring (bicyclic) bond motifs is 4. The lowest BCUT2D eigenvalue weighted by molar-refractivity contribution is -0.142. The van der Waals surface area contributed by atoms with Crippen molar-refractivity contribution < 1.29 is 26.4 Å². The second-order valence-electron chi connectivity index (χ2n) is 25.8. The molecule has 0 aromatic carbocycles. The van der Waals surface area contributed by atoms with E-state index in [0.717, 1.165) is 60.9 Å². The van der Waals surface area contributed by atoms with Crippen LogP contribution in [0, 0.1) is 45.3 Å². The van der Waals surface area contributed by atoms with Crippen molar-refractivity contribution in [3.8, 4) is 69.3 Å². The molecule has 16 rings (SSSR count). The number of likely N-dealkylation sites (tertiary alicyclic amines) is 2. The van der Waals surface area contributed by atoms with Crippen LogP contribution in [0.5, 0.6) is 0 Å². The highest BCUT2D eigenvalue weighted by Crippen LogP contribution is 2.41. The van der Waals surface area contributed by atoms with Gasteiger partial charge >= 0.3 is 0 Å². The van der Waals surface area contributed by atoms with Crippen LogP contribution in [0.25, 0.3) is 89.2 Å². The Kier molecular flexibility index (Phi) is 19.4. The second-order valence-corrected chi connectivity index (χ2v) is 30.3. The van der Waals surface area contributed by atoms with Crippen molar-refractivity contribution in [2.75, 3.05) is 63.9 Å². The molecule has 0 radical (unpaired) electrons. The Labute approximate surface area is 594 Å². The fraction of sp³-hybridized carbons (Fsp3) is 0.394. The summed E-state index contributed by atoms with van der Waals surface area (Å²) in [6.07, 6.45) is 30.7. The van der Waals surface area contributed by atoms with Gasteiger partial charge in [0.1, 0.15) is 30.8 Å². The van der Waals surface area contributed by atoms with Crippen LogP contribution in [-0.4, -0.2) is 220 Å². The summed E-state index contributed by atoms with van der Waals surface area (Å²) in [5.74, 6) is 0.360. The van der Waals surface area contributed by atoms with Crippen LogP contribution in [0.1, 0.15) is 79.1 Å². The number of piperidine rings is 1. The highest BCUT2D eigenvalue weighted by molar-refractivity contribution is 7.89. The summed E-state index contributed by atoms with van der Waals surface area (Å²) < 4.78 is 58.9. The van der Waals surface area contributed by atoms with Gasteiger partial charge in [-0.1, -0.05) is 13.8 Å². The lowest BCUT2D eigenvalue weighted by Gasteiger charge is -2.50. The second kappa shape index (κ2) is 28.7. The van der Waals surface area contributed by atoms with Gasteiger partial charge in [-0.2, -0.15) is 55.9 Å². The van der Waals surface area contributed by atoms with Crippen molar-refractivity contribution in [2.24, 2.45) is 0 Å². The van der Waals surface area contributed by atoms with Crippen LogP contribution in [0.4, 0.5) is 0 Å². The maximum absolute atomic E-state index is 12.2. The molecule has 38 heteroatoms. The molecule has 0 unspecified atom stereocenters. The van der Waals surface area contributed by atoms with Crippen molar-refractivity contribution in [3.63, 3.8) is 0 Å². The van der Waals surface area contributed by atoms with E-state index in [1.54, 1.807) is 70.2 Å². The zero-order valence-electron chi connectivity index (χ0n) is 57.0. The summed E-state index contributed by atoms with van der Waals surface area (Å²) in [7, 11) is -6.48. The van der Waals surface area contributed by atoms with Gasteiger partial charge in [0.25, 0.3) is 0 Å². The Hall–Kier alpha value is -12.1. The number of aromatic nitrogens is 22. The van der Waals surface area contributed by atoms with E-state index < -0.39 is 36.7 Å². The van der Waals surface area contributed by atoms with E-state index in [9.17, 15) is 47.5 Å². The number of rotatable bonds is 18. The van der Waals surface area contributed by atoms with Crippen LogP contribution in [0.15, 0.2) is 112 Å². The third-order valence-electron chi connectivity index (χ3n) is 19.7. The molecule has 4 fully saturated rings. The Morgan fingerprint density at radius 2 is 0.769 bits per heavy atom. The molecule has 0 saturated carbocycles. The van der Waals surface area contributed by atoms with Crippen LogP contribution >= 0.6 is 0 Å². The number of H-pyrrole nitrogens is 4. The molecule has 36 nitrogen and oxygen atoms in total. The zero-order chi connectivity index (χ0) is 73.0. The van der Waals surface area contributed by atoms with Gasteiger partial charge in [0.15, 0.2) is 22.6 Å². The maximum Gasteiger partial charge on any atom is 0.222 e. The lowest BCUT2D eigenvalue weighted by Crippen LogP contribution is -2.64. The molecule has 16 heterocycles. The Morgan fingerprint density at radius 3 is 1.14 bits per heavy atom.